The first kappa shape index (κ1) is 11.9. The van der Waals surface area contributed by atoms with Crippen LogP contribution in [-0.4, -0.2) is 52.2 Å². The predicted molar refractivity (Wildman–Crippen MR) is 54.5 cm³/mol. The topological polar surface area (TPSA) is 39.7 Å². The number of ether oxygens (including phenoxy) is 3. The van der Waals surface area contributed by atoms with E-state index in [1.807, 2.05) is 14.0 Å². The molecule has 84 valence electrons. The zero-order chi connectivity index (χ0) is 10.4. The number of rotatable bonds is 7. The highest BCUT2D eigenvalue weighted by Gasteiger charge is 2.41. The molecule has 1 rings (SSSR count). The van der Waals surface area contributed by atoms with E-state index >= 15 is 0 Å². The van der Waals surface area contributed by atoms with Crippen molar-refractivity contribution in [2.75, 3.05) is 34.0 Å². The van der Waals surface area contributed by atoms with Gasteiger partial charge in [0.1, 0.15) is 0 Å². The van der Waals surface area contributed by atoms with E-state index in [4.69, 9.17) is 14.2 Å². The van der Waals surface area contributed by atoms with E-state index in [9.17, 15) is 0 Å². The van der Waals surface area contributed by atoms with Crippen molar-refractivity contribution in [1.82, 2.24) is 5.32 Å². The molecule has 3 unspecified atom stereocenters. The molecule has 0 aromatic heterocycles. The van der Waals surface area contributed by atoms with Gasteiger partial charge in [-0.05, 0) is 20.4 Å². The molecule has 4 heteroatoms. The lowest BCUT2D eigenvalue weighted by Crippen LogP contribution is -2.59. The average Bonchev–Trinajstić information content (AvgIpc) is 2.19. The van der Waals surface area contributed by atoms with Crippen LogP contribution in [0.5, 0.6) is 0 Å². The third kappa shape index (κ3) is 2.92. The Morgan fingerprint density at radius 3 is 2.64 bits per heavy atom. The van der Waals surface area contributed by atoms with Crippen molar-refractivity contribution < 1.29 is 14.2 Å². The van der Waals surface area contributed by atoms with Crippen molar-refractivity contribution in [2.24, 2.45) is 0 Å². The molecule has 4 nitrogen and oxygen atoms in total. The first-order valence-electron chi connectivity index (χ1n) is 5.22. The van der Waals surface area contributed by atoms with Crippen LogP contribution in [0.3, 0.4) is 0 Å². The Morgan fingerprint density at radius 2 is 2.07 bits per heavy atom. The minimum absolute atomic E-state index is 0.210. The van der Waals surface area contributed by atoms with Crippen molar-refractivity contribution in [3.63, 3.8) is 0 Å². The second-order valence-corrected chi connectivity index (χ2v) is 3.45. The molecular formula is C10H21NO3. The number of nitrogens with one attached hydrogen (secondary N) is 1. The molecule has 0 aromatic carbocycles. The summed E-state index contributed by atoms with van der Waals surface area (Å²) in [5.41, 5.74) is 0. The smallest absolute Gasteiger partial charge is 0.0990 e. The van der Waals surface area contributed by atoms with Crippen LogP contribution >= 0.6 is 0 Å². The first-order chi connectivity index (χ1) is 6.83. The Bertz CT molecular complexity index is 154. The summed E-state index contributed by atoms with van der Waals surface area (Å²) < 4.78 is 16.1. The summed E-state index contributed by atoms with van der Waals surface area (Å²) in [6, 6.07) is 0.447. The van der Waals surface area contributed by atoms with Gasteiger partial charge in [0.2, 0.25) is 0 Å². The highest BCUT2D eigenvalue weighted by Crippen LogP contribution is 2.26. The first-order valence-corrected chi connectivity index (χ1v) is 5.22. The molecule has 0 spiro atoms. The minimum Gasteiger partial charge on any atom is -0.382 e. The molecule has 0 bridgehead atoms. The van der Waals surface area contributed by atoms with Gasteiger partial charge in [0.05, 0.1) is 25.4 Å². The van der Waals surface area contributed by atoms with Crippen LogP contribution in [0.25, 0.3) is 0 Å². The molecular weight excluding hydrogens is 182 g/mol. The Labute approximate surface area is 85.9 Å². The fraction of sp³-hybridized carbons (Fsp3) is 1.00. The molecule has 0 saturated heterocycles. The number of likely N-dealkylation sites (N-methyl/N-ethyl adjacent to an activating group) is 1. The Hall–Kier alpha value is -0.160. The number of hydrogen-bond donors (Lipinski definition) is 1. The Kier molecular flexibility index (Phi) is 5.40. The number of hydrogen-bond acceptors (Lipinski definition) is 4. The summed E-state index contributed by atoms with van der Waals surface area (Å²) in [5, 5.41) is 3.22. The maximum absolute atomic E-state index is 5.63. The lowest BCUT2D eigenvalue weighted by atomic mass is 9.85. The normalized spacial score (nSPS) is 31.5. The second kappa shape index (κ2) is 6.35. The van der Waals surface area contributed by atoms with Gasteiger partial charge in [-0.15, -0.1) is 0 Å². The average molecular weight is 203 g/mol. The summed E-state index contributed by atoms with van der Waals surface area (Å²) in [7, 11) is 3.64. The van der Waals surface area contributed by atoms with Gasteiger partial charge in [-0.2, -0.15) is 0 Å². The lowest BCUT2D eigenvalue weighted by molar-refractivity contribution is -0.148. The highest BCUT2D eigenvalue weighted by atomic mass is 16.6. The van der Waals surface area contributed by atoms with Crippen molar-refractivity contribution in [1.29, 1.82) is 0 Å². The zero-order valence-electron chi connectivity index (χ0n) is 9.29. The summed E-state index contributed by atoms with van der Waals surface area (Å²) in [4.78, 5) is 0. The summed E-state index contributed by atoms with van der Waals surface area (Å²) in [6.45, 7) is 4.06. The Balaban J connectivity index is 2.19. The highest BCUT2D eigenvalue weighted by molar-refractivity contribution is 4.96. The van der Waals surface area contributed by atoms with E-state index in [1.165, 1.54) is 0 Å². The minimum atomic E-state index is 0.210. The van der Waals surface area contributed by atoms with Crippen LogP contribution in [-0.2, 0) is 14.2 Å². The molecule has 1 aliphatic rings. The van der Waals surface area contributed by atoms with Gasteiger partial charge in [-0.1, -0.05) is 0 Å². The molecule has 14 heavy (non-hydrogen) atoms. The predicted octanol–water partition coefficient (Wildman–Crippen LogP) is 0.415. The number of methoxy groups -OCH3 is 1. The molecule has 0 aromatic rings. The summed E-state index contributed by atoms with van der Waals surface area (Å²) in [5.74, 6) is 0. The van der Waals surface area contributed by atoms with E-state index in [0.717, 1.165) is 13.0 Å². The molecule has 1 fully saturated rings. The third-order valence-electron chi connectivity index (χ3n) is 2.60. The van der Waals surface area contributed by atoms with E-state index in [0.29, 0.717) is 19.3 Å². The van der Waals surface area contributed by atoms with Crippen LogP contribution in [0.4, 0.5) is 0 Å². The maximum atomic E-state index is 5.63. The molecule has 3 atom stereocenters. The summed E-state index contributed by atoms with van der Waals surface area (Å²) in [6.07, 6.45) is 1.48. The van der Waals surface area contributed by atoms with Gasteiger partial charge in [-0.3, -0.25) is 0 Å². The van der Waals surface area contributed by atoms with Crippen molar-refractivity contribution >= 4 is 0 Å². The van der Waals surface area contributed by atoms with Crippen molar-refractivity contribution in [3.8, 4) is 0 Å². The third-order valence-corrected chi connectivity index (χ3v) is 2.60. The fourth-order valence-corrected chi connectivity index (χ4v) is 1.73. The largest absolute Gasteiger partial charge is 0.382 e. The van der Waals surface area contributed by atoms with Crippen LogP contribution in [0, 0.1) is 0 Å². The van der Waals surface area contributed by atoms with E-state index in [2.05, 4.69) is 5.32 Å². The van der Waals surface area contributed by atoms with E-state index in [-0.39, 0.29) is 12.2 Å². The Morgan fingerprint density at radius 1 is 1.29 bits per heavy atom. The molecule has 0 heterocycles. The van der Waals surface area contributed by atoms with E-state index < -0.39 is 0 Å². The lowest BCUT2D eigenvalue weighted by Gasteiger charge is -2.43. The van der Waals surface area contributed by atoms with Crippen LogP contribution in [0.1, 0.15) is 13.3 Å². The molecule has 0 amide bonds. The molecule has 0 aliphatic heterocycles. The molecule has 1 aliphatic carbocycles. The quantitative estimate of drug-likeness (QED) is 0.609. The van der Waals surface area contributed by atoms with Crippen LogP contribution < -0.4 is 5.32 Å². The van der Waals surface area contributed by atoms with Crippen LogP contribution in [0.2, 0.25) is 0 Å². The molecule has 1 saturated carbocycles. The van der Waals surface area contributed by atoms with Gasteiger partial charge in [0.25, 0.3) is 0 Å². The van der Waals surface area contributed by atoms with Gasteiger partial charge >= 0.3 is 0 Å². The molecule has 1 N–H and O–H groups in total. The summed E-state index contributed by atoms with van der Waals surface area (Å²) >= 11 is 0. The van der Waals surface area contributed by atoms with E-state index in [1.54, 1.807) is 7.11 Å². The van der Waals surface area contributed by atoms with Crippen molar-refractivity contribution in [3.05, 3.63) is 0 Å². The molecule has 0 radical (unpaired) electrons. The monoisotopic (exact) mass is 203 g/mol. The fourth-order valence-electron chi connectivity index (χ4n) is 1.73. The van der Waals surface area contributed by atoms with Crippen LogP contribution in [0.15, 0.2) is 0 Å². The zero-order valence-corrected chi connectivity index (χ0v) is 9.29. The van der Waals surface area contributed by atoms with Gasteiger partial charge in [0.15, 0.2) is 0 Å². The van der Waals surface area contributed by atoms with Gasteiger partial charge < -0.3 is 19.5 Å². The standard InChI is InChI=1S/C10H21NO3/c1-4-13-10-8(11-2)7-9(10)14-6-5-12-3/h8-11H,4-7H2,1-3H3. The SMILES string of the molecule is CCOC1C(NC)CC1OCCOC. The van der Waals surface area contributed by atoms with Crippen molar-refractivity contribution in [2.45, 2.75) is 31.6 Å². The van der Waals surface area contributed by atoms with Gasteiger partial charge in [0, 0.05) is 19.8 Å². The maximum Gasteiger partial charge on any atom is 0.0990 e. The van der Waals surface area contributed by atoms with Gasteiger partial charge in [-0.25, -0.2) is 0 Å². The second-order valence-electron chi connectivity index (χ2n) is 3.45.